The topological polar surface area (TPSA) is 66.4 Å². The summed E-state index contributed by atoms with van der Waals surface area (Å²) in [6.07, 6.45) is 0.205. The lowest BCUT2D eigenvalue weighted by molar-refractivity contribution is -0.139. The molecular formula is C12H16BrNO3S. The summed E-state index contributed by atoms with van der Waals surface area (Å²) >= 11 is 4.92. The van der Waals surface area contributed by atoms with E-state index in [-0.39, 0.29) is 18.7 Å². The highest BCUT2D eigenvalue weighted by molar-refractivity contribution is 9.11. The van der Waals surface area contributed by atoms with Crippen molar-refractivity contribution in [3.05, 3.63) is 20.8 Å². The van der Waals surface area contributed by atoms with Crippen LogP contribution in [0, 0.1) is 5.41 Å². The third-order valence-corrected chi connectivity index (χ3v) is 3.98. The molecule has 18 heavy (non-hydrogen) atoms. The fraction of sp³-hybridized carbons (Fsp3) is 0.500. The number of hydrogen-bond acceptors (Lipinski definition) is 3. The van der Waals surface area contributed by atoms with Gasteiger partial charge < -0.3 is 10.4 Å². The number of carboxylic acids is 1. The maximum atomic E-state index is 11.7. The zero-order valence-electron chi connectivity index (χ0n) is 10.3. The Bertz CT molecular complexity index is 442. The van der Waals surface area contributed by atoms with Crippen LogP contribution in [0.15, 0.2) is 15.9 Å². The summed E-state index contributed by atoms with van der Waals surface area (Å²) in [5.74, 6) is -0.999. The minimum absolute atomic E-state index is 0.00896. The molecule has 2 N–H and O–H groups in total. The summed E-state index contributed by atoms with van der Waals surface area (Å²) in [6, 6.07) is 3.87. The van der Waals surface area contributed by atoms with Gasteiger partial charge in [0.05, 0.1) is 16.8 Å². The molecule has 0 saturated carbocycles. The van der Waals surface area contributed by atoms with Gasteiger partial charge in [0.15, 0.2) is 0 Å². The summed E-state index contributed by atoms with van der Waals surface area (Å²) < 4.78 is 1.03. The standard InChI is InChI=1S/C12H16BrNO3S/c1-12(2,6-11(16)17)5-10(15)14-7-8-3-4-9(13)18-8/h3-4H,5-7H2,1-2H3,(H,14,15)(H,16,17). The predicted octanol–water partition coefficient (Wildman–Crippen LogP) is 3.02. The first kappa shape index (κ1) is 15.2. The molecule has 1 amide bonds. The molecule has 0 saturated heterocycles. The monoisotopic (exact) mass is 333 g/mol. The SMILES string of the molecule is CC(C)(CC(=O)O)CC(=O)NCc1ccc(Br)s1. The Labute approximate surface area is 119 Å². The number of carboxylic acid groups (broad SMARTS) is 1. The molecule has 1 rings (SSSR count). The van der Waals surface area contributed by atoms with E-state index in [4.69, 9.17) is 5.11 Å². The van der Waals surface area contributed by atoms with Crippen LogP contribution in [0.2, 0.25) is 0 Å². The van der Waals surface area contributed by atoms with E-state index in [0.29, 0.717) is 6.54 Å². The highest BCUT2D eigenvalue weighted by atomic mass is 79.9. The maximum absolute atomic E-state index is 11.7. The number of rotatable bonds is 6. The van der Waals surface area contributed by atoms with E-state index in [1.807, 2.05) is 12.1 Å². The van der Waals surface area contributed by atoms with Gasteiger partial charge in [-0.2, -0.15) is 0 Å². The molecular weight excluding hydrogens is 318 g/mol. The second-order valence-electron chi connectivity index (χ2n) is 4.89. The molecule has 0 aliphatic rings. The van der Waals surface area contributed by atoms with Crippen LogP contribution in [0.1, 0.15) is 31.6 Å². The Balaban J connectivity index is 2.39. The van der Waals surface area contributed by atoms with Crippen LogP contribution in [0.25, 0.3) is 0 Å². The molecule has 4 nitrogen and oxygen atoms in total. The van der Waals surface area contributed by atoms with Crippen molar-refractivity contribution in [1.82, 2.24) is 5.32 Å². The molecule has 0 aliphatic carbocycles. The van der Waals surface area contributed by atoms with Crippen LogP contribution in [0.4, 0.5) is 0 Å². The number of amides is 1. The van der Waals surface area contributed by atoms with E-state index in [1.165, 1.54) is 0 Å². The van der Waals surface area contributed by atoms with E-state index in [0.717, 1.165) is 8.66 Å². The number of carbonyl (C=O) groups excluding carboxylic acids is 1. The van der Waals surface area contributed by atoms with Gasteiger partial charge in [0, 0.05) is 11.3 Å². The van der Waals surface area contributed by atoms with E-state index in [9.17, 15) is 9.59 Å². The molecule has 0 unspecified atom stereocenters. The predicted molar refractivity (Wildman–Crippen MR) is 74.5 cm³/mol. The number of hydrogen-bond donors (Lipinski definition) is 2. The van der Waals surface area contributed by atoms with Crippen molar-refractivity contribution >= 4 is 39.1 Å². The second-order valence-corrected chi connectivity index (χ2v) is 7.44. The summed E-state index contributed by atoms with van der Waals surface area (Å²) in [6.45, 7) is 4.04. The molecule has 1 aromatic rings. The lowest BCUT2D eigenvalue weighted by Crippen LogP contribution is -2.29. The first-order valence-electron chi connectivity index (χ1n) is 5.51. The summed E-state index contributed by atoms with van der Waals surface area (Å²) in [5, 5.41) is 11.5. The maximum Gasteiger partial charge on any atom is 0.303 e. The Hall–Kier alpha value is -0.880. The van der Waals surface area contributed by atoms with Gasteiger partial charge in [-0.1, -0.05) is 13.8 Å². The molecule has 0 atom stereocenters. The molecule has 1 heterocycles. The van der Waals surface area contributed by atoms with Crippen LogP contribution in [0.5, 0.6) is 0 Å². The van der Waals surface area contributed by atoms with Gasteiger partial charge >= 0.3 is 5.97 Å². The number of nitrogens with one attached hydrogen (secondary N) is 1. The zero-order valence-corrected chi connectivity index (χ0v) is 12.7. The summed E-state index contributed by atoms with van der Waals surface area (Å²) in [7, 11) is 0. The summed E-state index contributed by atoms with van der Waals surface area (Å²) in [5.41, 5.74) is -0.522. The Morgan fingerprint density at radius 2 is 2.06 bits per heavy atom. The molecule has 0 bridgehead atoms. The van der Waals surface area contributed by atoms with Crippen LogP contribution in [-0.2, 0) is 16.1 Å². The quantitative estimate of drug-likeness (QED) is 0.840. The lowest BCUT2D eigenvalue weighted by atomic mass is 9.85. The molecule has 0 spiro atoms. The third-order valence-electron chi connectivity index (χ3n) is 2.36. The van der Waals surface area contributed by atoms with Gasteiger partial charge in [-0.15, -0.1) is 11.3 Å². The van der Waals surface area contributed by atoms with Crippen LogP contribution >= 0.6 is 27.3 Å². The summed E-state index contributed by atoms with van der Waals surface area (Å²) in [4.78, 5) is 23.4. The van der Waals surface area contributed by atoms with Crippen molar-refractivity contribution in [3.63, 3.8) is 0 Å². The average molecular weight is 334 g/mol. The largest absolute Gasteiger partial charge is 0.481 e. The minimum Gasteiger partial charge on any atom is -0.481 e. The highest BCUT2D eigenvalue weighted by Crippen LogP contribution is 2.25. The normalized spacial score (nSPS) is 11.3. The van der Waals surface area contributed by atoms with E-state index >= 15 is 0 Å². The van der Waals surface area contributed by atoms with Crippen molar-refractivity contribution < 1.29 is 14.7 Å². The van der Waals surface area contributed by atoms with E-state index < -0.39 is 11.4 Å². The smallest absolute Gasteiger partial charge is 0.303 e. The van der Waals surface area contributed by atoms with Gasteiger partial charge in [0.25, 0.3) is 0 Å². The molecule has 6 heteroatoms. The average Bonchev–Trinajstić information content (AvgIpc) is 2.58. The number of thiophene rings is 1. The van der Waals surface area contributed by atoms with Crippen molar-refractivity contribution in [2.75, 3.05) is 0 Å². The second kappa shape index (κ2) is 6.33. The lowest BCUT2D eigenvalue weighted by Gasteiger charge is -2.21. The Morgan fingerprint density at radius 3 is 2.56 bits per heavy atom. The van der Waals surface area contributed by atoms with Crippen molar-refractivity contribution in [1.29, 1.82) is 0 Å². The van der Waals surface area contributed by atoms with Crippen LogP contribution < -0.4 is 5.32 Å². The highest BCUT2D eigenvalue weighted by Gasteiger charge is 2.25. The Morgan fingerprint density at radius 1 is 1.39 bits per heavy atom. The van der Waals surface area contributed by atoms with Crippen molar-refractivity contribution in [2.24, 2.45) is 5.41 Å². The number of halogens is 1. The zero-order chi connectivity index (χ0) is 13.8. The first-order chi connectivity index (χ1) is 8.28. The molecule has 0 aromatic carbocycles. The van der Waals surface area contributed by atoms with Gasteiger partial charge in [0.1, 0.15) is 0 Å². The molecule has 1 aromatic heterocycles. The van der Waals surface area contributed by atoms with E-state index in [1.54, 1.807) is 25.2 Å². The van der Waals surface area contributed by atoms with Gasteiger partial charge in [-0.25, -0.2) is 0 Å². The van der Waals surface area contributed by atoms with Crippen LogP contribution in [0.3, 0.4) is 0 Å². The molecule has 0 fully saturated rings. The fourth-order valence-corrected chi connectivity index (χ4v) is 3.02. The first-order valence-corrected chi connectivity index (χ1v) is 7.12. The fourth-order valence-electron chi connectivity index (χ4n) is 1.60. The van der Waals surface area contributed by atoms with Crippen molar-refractivity contribution in [2.45, 2.75) is 33.2 Å². The molecule has 0 aliphatic heterocycles. The number of aliphatic carboxylic acids is 1. The van der Waals surface area contributed by atoms with Crippen LogP contribution in [-0.4, -0.2) is 17.0 Å². The molecule has 0 radical (unpaired) electrons. The van der Waals surface area contributed by atoms with Crippen molar-refractivity contribution in [3.8, 4) is 0 Å². The minimum atomic E-state index is -0.880. The molecule has 100 valence electrons. The Kier molecular flexibility index (Phi) is 5.34. The van der Waals surface area contributed by atoms with Gasteiger partial charge in [-0.3, -0.25) is 9.59 Å². The van der Waals surface area contributed by atoms with Gasteiger partial charge in [0.2, 0.25) is 5.91 Å². The number of carbonyl (C=O) groups is 2. The third kappa shape index (κ3) is 5.64. The van der Waals surface area contributed by atoms with E-state index in [2.05, 4.69) is 21.2 Å². The van der Waals surface area contributed by atoms with Gasteiger partial charge in [-0.05, 0) is 33.5 Å².